The van der Waals surface area contributed by atoms with Crippen LogP contribution in [0.3, 0.4) is 0 Å². The second-order valence-electron chi connectivity index (χ2n) is 4.18. The second-order valence-corrected chi connectivity index (χ2v) is 6.12. The van der Waals surface area contributed by atoms with Crippen LogP contribution < -0.4 is 10.0 Å². The molecule has 0 atom stereocenters. The molecule has 0 radical (unpaired) electrons. The first-order valence-corrected chi connectivity index (χ1v) is 7.09. The molecule has 5 nitrogen and oxygen atoms in total. The summed E-state index contributed by atoms with van der Waals surface area (Å²) in [6, 6.07) is 8.99. The number of rotatable bonds is 3. The van der Waals surface area contributed by atoms with E-state index in [1.165, 1.54) is 37.4 Å². The lowest BCUT2D eigenvalue weighted by molar-refractivity contribution is 0.475. The maximum atomic E-state index is 13.7. The molecule has 106 valence electrons. The summed E-state index contributed by atoms with van der Waals surface area (Å²) in [5, 5.41) is 9.38. The lowest BCUT2D eigenvalue weighted by Gasteiger charge is -2.20. The molecule has 0 aliphatic carbocycles. The first-order chi connectivity index (χ1) is 9.32. The number of benzene rings is 2. The van der Waals surface area contributed by atoms with Crippen LogP contribution in [-0.2, 0) is 10.0 Å². The summed E-state index contributed by atoms with van der Waals surface area (Å²) in [5.41, 5.74) is 5.86. The van der Waals surface area contributed by atoms with Gasteiger partial charge < -0.3 is 10.8 Å². The highest BCUT2D eigenvalue weighted by molar-refractivity contribution is 7.92. The fraction of sp³-hybridized carbons (Fsp3) is 0.0769. The third-order valence-electron chi connectivity index (χ3n) is 2.79. The SMILES string of the molecule is CN(c1cccc(O)c1)S(=O)(=O)c1cc(N)ccc1F. The number of nitrogen functional groups attached to an aromatic ring is 1. The van der Waals surface area contributed by atoms with Crippen LogP contribution in [0.2, 0.25) is 0 Å². The van der Waals surface area contributed by atoms with E-state index in [2.05, 4.69) is 0 Å². The molecule has 0 aromatic heterocycles. The maximum Gasteiger partial charge on any atom is 0.267 e. The van der Waals surface area contributed by atoms with E-state index in [9.17, 15) is 17.9 Å². The lowest BCUT2D eigenvalue weighted by Crippen LogP contribution is -2.27. The third kappa shape index (κ3) is 2.53. The molecule has 0 aliphatic rings. The van der Waals surface area contributed by atoms with Crippen LogP contribution in [0.5, 0.6) is 5.75 Å². The van der Waals surface area contributed by atoms with Crippen molar-refractivity contribution in [3.05, 3.63) is 48.3 Å². The topological polar surface area (TPSA) is 83.6 Å². The molecule has 2 aromatic rings. The van der Waals surface area contributed by atoms with Gasteiger partial charge in [-0.25, -0.2) is 12.8 Å². The van der Waals surface area contributed by atoms with E-state index in [0.717, 1.165) is 16.4 Å². The van der Waals surface area contributed by atoms with E-state index < -0.39 is 20.7 Å². The summed E-state index contributed by atoms with van der Waals surface area (Å²) in [6.07, 6.45) is 0. The fourth-order valence-corrected chi connectivity index (χ4v) is 2.98. The molecule has 20 heavy (non-hydrogen) atoms. The lowest BCUT2D eigenvalue weighted by atomic mass is 10.3. The Morgan fingerprint density at radius 3 is 2.55 bits per heavy atom. The van der Waals surface area contributed by atoms with E-state index in [0.29, 0.717) is 0 Å². The minimum Gasteiger partial charge on any atom is -0.508 e. The Kier molecular flexibility index (Phi) is 3.54. The van der Waals surface area contributed by atoms with Gasteiger partial charge in [-0.05, 0) is 30.3 Å². The van der Waals surface area contributed by atoms with Crippen LogP contribution in [0.25, 0.3) is 0 Å². The van der Waals surface area contributed by atoms with Crippen molar-refractivity contribution in [2.24, 2.45) is 0 Å². The number of anilines is 2. The molecule has 0 heterocycles. The van der Waals surface area contributed by atoms with Gasteiger partial charge >= 0.3 is 0 Å². The number of phenolic OH excluding ortho intramolecular Hbond substituents is 1. The van der Waals surface area contributed by atoms with E-state index in [-0.39, 0.29) is 17.1 Å². The van der Waals surface area contributed by atoms with Crippen LogP contribution in [-0.4, -0.2) is 20.6 Å². The molecule has 0 spiro atoms. The number of hydrogen-bond donors (Lipinski definition) is 2. The van der Waals surface area contributed by atoms with E-state index in [1.807, 2.05) is 0 Å². The molecule has 0 aliphatic heterocycles. The first kappa shape index (κ1) is 14.1. The van der Waals surface area contributed by atoms with Crippen LogP contribution in [0.15, 0.2) is 47.4 Å². The van der Waals surface area contributed by atoms with Gasteiger partial charge in [-0.3, -0.25) is 4.31 Å². The van der Waals surface area contributed by atoms with E-state index >= 15 is 0 Å². The highest BCUT2D eigenvalue weighted by Gasteiger charge is 2.25. The van der Waals surface area contributed by atoms with E-state index in [1.54, 1.807) is 0 Å². The monoisotopic (exact) mass is 296 g/mol. The largest absolute Gasteiger partial charge is 0.508 e. The van der Waals surface area contributed by atoms with Crippen molar-refractivity contribution in [3.8, 4) is 5.75 Å². The molecular formula is C13H13FN2O3S. The molecule has 0 saturated heterocycles. The second kappa shape index (κ2) is 5.01. The number of hydrogen-bond acceptors (Lipinski definition) is 4. The number of sulfonamides is 1. The molecule has 0 unspecified atom stereocenters. The number of phenols is 1. The molecule has 0 saturated carbocycles. The average Bonchev–Trinajstić information content (AvgIpc) is 2.40. The summed E-state index contributed by atoms with van der Waals surface area (Å²) in [7, 11) is -2.82. The van der Waals surface area contributed by atoms with Gasteiger partial charge in [-0.15, -0.1) is 0 Å². The van der Waals surface area contributed by atoms with Gasteiger partial charge in [-0.2, -0.15) is 0 Å². The molecule has 0 fully saturated rings. The van der Waals surface area contributed by atoms with Crippen LogP contribution >= 0.6 is 0 Å². The molecule has 0 amide bonds. The number of nitrogens with two attached hydrogens (primary N) is 1. The Morgan fingerprint density at radius 1 is 1.20 bits per heavy atom. The van der Waals surface area contributed by atoms with Gasteiger partial charge in [-0.1, -0.05) is 6.07 Å². The van der Waals surface area contributed by atoms with Gasteiger partial charge in [0.2, 0.25) is 0 Å². The standard InChI is InChI=1S/C13H13FN2O3S/c1-16(10-3-2-4-11(17)8-10)20(18,19)13-7-9(15)5-6-12(13)14/h2-8,17H,15H2,1H3. The van der Waals surface area contributed by atoms with Crippen LogP contribution in [0.1, 0.15) is 0 Å². The minimum absolute atomic E-state index is 0.0856. The van der Waals surface area contributed by atoms with E-state index in [4.69, 9.17) is 5.73 Å². The number of aromatic hydroxyl groups is 1. The summed E-state index contributed by atoms with van der Waals surface area (Å²) >= 11 is 0. The highest BCUT2D eigenvalue weighted by Crippen LogP contribution is 2.27. The van der Waals surface area contributed by atoms with Gasteiger partial charge in [0.25, 0.3) is 10.0 Å². The normalized spacial score (nSPS) is 11.3. The Labute approximate surface area is 116 Å². The average molecular weight is 296 g/mol. The number of halogens is 1. The zero-order valence-electron chi connectivity index (χ0n) is 10.6. The summed E-state index contributed by atoms with van der Waals surface area (Å²) < 4.78 is 39.3. The third-order valence-corrected chi connectivity index (χ3v) is 4.59. The van der Waals surface area contributed by atoms with Crippen molar-refractivity contribution in [3.63, 3.8) is 0 Å². The molecular weight excluding hydrogens is 283 g/mol. The maximum absolute atomic E-state index is 13.7. The quantitative estimate of drug-likeness (QED) is 0.848. The zero-order chi connectivity index (χ0) is 14.9. The number of nitrogens with zero attached hydrogens (tertiary/aromatic N) is 1. The Morgan fingerprint density at radius 2 is 1.90 bits per heavy atom. The van der Waals surface area contributed by atoms with Crippen molar-refractivity contribution in [2.45, 2.75) is 4.90 Å². The van der Waals surface area contributed by atoms with Gasteiger partial charge in [0.1, 0.15) is 16.5 Å². The molecule has 0 bridgehead atoms. The van der Waals surface area contributed by atoms with Gasteiger partial charge in [0.15, 0.2) is 0 Å². The molecule has 3 N–H and O–H groups in total. The van der Waals surface area contributed by atoms with Crippen molar-refractivity contribution >= 4 is 21.4 Å². The molecule has 2 aromatic carbocycles. The summed E-state index contributed by atoms with van der Waals surface area (Å²) in [4.78, 5) is -0.511. The van der Waals surface area contributed by atoms with Crippen molar-refractivity contribution < 1.29 is 17.9 Å². The summed E-state index contributed by atoms with van der Waals surface area (Å²) in [5.74, 6) is -0.969. The van der Waals surface area contributed by atoms with Crippen molar-refractivity contribution in [1.29, 1.82) is 0 Å². The summed E-state index contributed by atoms with van der Waals surface area (Å²) in [6.45, 7) is 0. The zero-order valence-corrected chi connectivity index (χ0v) is 11.4. The van der Waals surface area contributed by atoms with Crippen molar-refractivity contribution in [2.75, 3.05) is 17.1 Å². The predicted octanol–water partition coefficient (Wildman–Crippen LogP) is 1.94. The smallest absolute Gasteiger partial charge is 0.267 e. The van der Waals surface area contributed by atoms with Gasteiger partial charge in [0, 0.05) is 18.8 Å². The van der Waals surface area contributed by atoms with Crippen molar-refractivity contribution in [1.82, 2.24) is 0 Å². The predicted molar refractivity (Wildman–Crippen MR) is 74.5 cm³/mol. The van der Waals surface area contributed by atoms with Crippen LogP contribution in [0.4, 0.5) is 15.8 Å². The minimum atomic E-state index is -4.09. The molecule has 2 rings (SSSR count). The first-order valence-electron chi connectivity index (χ1n) is 5.65. The Balaban J connectivity index is 2.52. The fourth-order valence-electron chi connectivity index (χ4n) is 1.69. The Bertz CT molecular complexity index is 747. The Hall–Kier alpha value is -2.28. The van der Waals surface area contributed by atoms with Crippen LogP contribution in [0, 0.1) is 5.82 Å². The highest BCUT2D eigenvalue weighted by atomic mass is 32.2. The molecule has 7 heteroatoms. The van der Waals surface area contributed by atoms with Gasteiger partial charge in [0.05, 0.1) is 5.69 Å².